The number of piperidine rings is 1. The van der Waals surface area contributed by atoms with Gasteiger partial charge in [-0.2, -0.15) is 13.2 Å². The molecule has 0 unspecified atom stereocenters. The zero-order valence-electron chi connectivity index (χ0n) is 22.5. The second-order valence-corrected chi connectivity index (χ2v) is 11.2. The first kappa shape index (κ1) is 26.9. The molecule has 2 aliphatic heterocycles. The van der Waals surface area contributed by atoms with Gasteiger partial charge in [0.2, 0.25) is 11.8 Å². The van der Waals surface area contributed by atoms with Crippen LogP contribution in [0.1, 0.15) is 57.6 Å². The highest BCUT2D eigenvalue weighted by atomic mass is 19.4. The molecule has 0 radical (unpaired) electrons. The Morgan fingerprint density at radius 3 is 2.68 bits per heavy atom. The first-order chi connectivity index (χ1) is 19.5. The van der Waals surface area contributed by atoms with Crippen molar-refractivity contribution in [1.29, 1.82) is 0 Å². The molecule has 1 aromatic carbocycles. The number of aryl methyl sites for hydroxylation is 1. The van der Waals surface area contributed by atoms with Crippen LogP contribution in [0.2, 0.25) is 0 Å². The molecule has 1 aliphatic carbocycles. The number of hydrogen-bond acceptors (Lipinski definition) is 5. The number of fused-ring (bicyclic) bond motifs is 3. The summed E-state index contributed by atoms with van der Waals surface area (Å²) in [4.78, 5) is 49.2. The average Bonchev–Trinajstić information content (AvgIpc) is 3.45. The highest BCUT2D eigenvalue weighted by molar-refractivity contribution is 6.06. The van der Waals surface area contributed by atoms with E-state index in [0.717, 1.165) is 27.2 Å². The van der Waals surface area contributed by atoms with E-state index in [-0.39, 0.29) is 17.9 Å². The highest BCUT2D eigenvalue weighted by Crippen LogP contribution is 2.46. The van der Waals surface area contributed by atoms with Crippen molar-refractivity contribution in [1.82, 2.24) is 20.2 Å². The first-order valence-electron chi connectivity index (χ1n) is 13.5. The van der Waals surface area contributed by atoms with Crippen molar-refractivity contribution in [2.75, 3.05) is 11.9 Å². The molecule has 0 bridgehead atoms. The number of carbonyl (C=O) groups excluding carboxylic acids is 3. The molecular weight excluding hydrogens is 535 g/mol. The number of nitrogens with one attached hydrogen (secondary N) is 2. The number of likely N-dealkylation sites (tertiary alicyclic amines) is 1. The van der Waals surface area contributed by atoms with Gasteiger partial charge in [-0.05, 0) is 55.5 Å². The molecule has 1 fully saturated rings. The number of carbonyl (C=O) groups is 3. The second-order valence-electron chi connectivity index (χ2n) is 11.2. The van der Waals surface area contributed by atoms with Gasteiger partial charge in [0, 0.05) is 42.0 Å². The summed E-state index contributed by atoms with van der Waals surface area (Å²) in [6, 6.07) is 10.8. The third-order valence-electron chi connectivity index (χ3n) is 8.66. The summed E-state index contributed by atoms with van der Waals surface area (Å²) in [7, 11) is 0. The topological polar surface area (TPSA) is 104 Å². The van der Waals surface area contributed by atoms with Crippen molar-refractivity contribution < 1.29 is 27.6 Å². The van der Waals surface area contributed by atoms with E-state index in [1.807, 2.05) is 37.3 Å². The number of benzene rings is 1. The Kier molecular flexibility index (Phi) is 6.35. The van der Waals surface area contributed by atoms with Crippen LogP contribution >= 0.6 is 0 Å². The lowest BCUT2D eigenvalue weighted by Gasteiger charge is -2.43. The third-order valence-corrected chi connectivity index (χ3v) is 8.66. The number of amides is 3. The van der Waals surface area contributed by atoms with Crippen molar-refractivity contribution in [3.63, 3.8) is 0 Å². The van der Waals surface area contributed by atoms with Crippen LogP contribution in [0.15, 0.2) is 54.9 Å². The summed E-state index contributed by atoms with van der Waals surface area (Å²) in [6.45, 7) is 2.09. The molecule has 1 spiro atoms. The molecule has 11 heteroatoms. The van der Waals surface area contributed by atoms with E-state index in [4.69, 9.17) is 0 Å². The van der Waals surface area contributed by atoms with Gasteiger partial charge in [0.25, 0.3) is 5.91 Å². The van der Waals surface area contributed by atoms with Crippen molar-refractivity contribution in [3.8, 4) is 0 Å². The summed E-state index contributed by atoms with van der Waals surface area (Å²) >= 11 is 0. The van der Waals surface area contributed by atoms with Gasteiger partial charge < -0.3 is 15.5 Å². The van der Waals surface area contributed by atoms with Gasteiger partial charge in [0.15, 0.2) is 0 Å². The Morgan fingerprint density at radius 2 is 1.93 bits per heavy atom. The van der Waals surface area contributed by atoms with Gasteiger partial charge >= 0.3 is 6.18 Å². The molecule has 4 heterocycles. The third kappa shape index (κ3) is 4.62. The lowest BCUT2D eigenvalue weighted by Crippen LogP contribution is -2.59. The Hall–Kier alpha value is -4.28. The van der Waals surface area contributed by atoms with Crippen LogP contribution in [0.4, 0.5) is 19.0 Å². The van der Waals surface area contributed by atoms with Crippen LogP contribution in [0.3, 0.4) is 0 Å². The van der Waals surface area contributed by atoms with Crippen molar-refractivity contribution in [3.05, 3.63) is 88.4 Å². The molecule has 1 saturated heterocycles. The molecular formula is C30H28F3N5O3. The van der Waals surface area contributed by atoms with E-state index in [9.17, 15) is 27.6 Å². The SMILES string of the molecule is Cc1ccccc1[C@@H]1C[C@H](NC(=O)c2cnc3c(c2)C[C@@]2(C3)C(=O)Nc3ncccc32)C(=O)N(CC(F)(F)F)[C@@H]1C. The van der Waals surface area contributed by atoms with Crippen LogP contribution in [-0.2, 0) is 27.8 Å². The van der Waals surface area contributed by atoms with E-state index in [1.165, 1.54) is 6.20 Å². The van der Waals surface area contributed by atoms with Crippen LogP contribution in [0.25, 0.3) is 0 Å². The van der Waals surface area contributed by atoms with Crippen molar-refractivity contribution in [2.24, 2.45) is 0 Å². The number of halogens is 3. The fraction of sp³-hybridized carbons (Fsp3) is 0.367. The molecule has 212 valence electrons. The first-order valence-corrected chi connectivity index (χ1v) is 13.5. The summed E-state index contributed by atoms with van der Waals surface area (Å²) in [5.41, 5.74) is 3.25. The summed E-state index contributed by atoms with van der Waals surface area (Å²) < 4.78 is 40.5. The molecule has 3 aromatic rings. The number of alkyl halides is 3. The zero-order chi connectivity index (χ0) is 29.1. The highest BCUT2D eigenvalue weighted by Gasteiger charge is 2.52. The quantitative estimate of drug-likeness (QED) is 0.502. The van der Waals surface area contributed by atoms with Gasteiger partial charge in [0.05, 0.1) is 11.0 Å². The van der Waals surface area contributed by atoms with Gasteiger partial charge in [-0.15, -0.1) is 0 Å². The number of pyridine rings is 2. The number of anilines is 1. The fourth-order valence-electron chi connectivity index (χ4n) is 6.58. The van der Waals surface area contributed by atoms with Crippen molar-refractivity contribution >= 4 is 23.5 Å². The average molecular weight is 564 g/mol. The van der Waals surface area contributed by atoms with Gasteiger partial charge in [0.1, 0.15) is 18.4 Å². The second kappa shape index (κ2) is 9.67. The number of aromatic nitrogens is 2. The van der Waals surface area contributed by atoms with E-state index in [1.54, 1.807) is 25.3 Å². The van der Waals surface area contributed by atoms with E-state index < -0.39 is 48.0 Å². The minimum Gasteiger partial charge on any atom is -0.340 e. The van der Waals surface area contributed by atoms with Crippen molar-refractivity contribution in [2.45, 2.75) is 62.7 Å². The fourth-order valence-corrected chi connectivity index (χ4v) is 6.58. The monoisotopic (exact) mass is 563 g/mol. The summed E-state index contributed by atoms with van der Waals surface area (Å²) in [5.74, 6) is -1.45. The molecule has 3 amide bonds. The minimum absolute atomic E-state index is 0.163. The lowest BCUT2D eigenvalue weighted by atomic mass is 9.80. The largest absolute Gasteiger partial charge is 0.406 e. The predicted molar refractivity (Wildman–Crippen MR) is 143 cm³/mol. The van der Waals surface area contributed by atoms with E-state index in [0.29, 0.717) is 24.4 Å². The Labute approximate surface area is 234 Å². The molecule has 3 aliphatic rings. The Morgan fingerprint density at radius 1 is 1.15 bits per heavy atom. The predicted octanol–water partition coefficient (Wildman–Crippen LogP) is 3.84. The maximum absolute atomic E-state index is 13.5. The normalized spacial score (nSPS) is 25.2. The maximum atomic E-state index is 13.5. The molecule has 6 rings (SSSR count). The molecule has 0 saturated carbocycles. The van der Waals surface area contributed by atoms with Gasteiger partial charge in [-0.3, -0.25) is 19.4 Å². The van der Waals surface area contributed by atoms with Crippen LogP contribution in [0, 0.1) is 6.92 Å². The molecule has 4 atom stereocenters. The van der Waals surface area contributed by atoms with E-state index >= 15 is 0 Å². The van der Waals surface area contributed by atoms with E-state index in [2.05, 4.69) is 20.6 Å². The molecule has 8 nitrogen and oxygen atoms in total. The maximum Gasteiger partial charge on any atom is 0.406 e. The van der Waals surface area contributed by atoms with Crippen LogP contribution in [0.5, 0.6) is 0 Å². The standard InChI is InChI=1S/C30H28F3N5O3/c1-16-6-3-4-7-20(16)21-11-23(27(40)38(17(21)2)15-30(31,32)33)36-26(39)19-10-18-12-29(13-24(18)35-14-19)22-8-5-9-34-25(22)37-28(29)41/h3-10,14,17,21,23H,11-13,15H2,1-2H3,(H,36,39)(H,34,37,41)/t17-,21-,23+,29+/m1/s1. The Balaban J connectivity index is 1.26. The Bertz CT molecular complexity index is 1570. The smallest absolute Gasteiger partial charge is 0.340 e. The summed E-state index contributed by atoms with van der Waals surface area (Å²) in [6.07, 6.45) is -0.753. The number of rotatable bonds is 4. The minimum atomic E-state index is -4.59. The number of hydrogen-bond donors (Lipinski definition) is 2. The zero-order valence-corrected chi connectivity index (χ0v) is 22.5. The lowest BCUT2D eigenvalue weighted by molar-refractivity contribution is -0.170. The van der Waals surface area contributed by atoms with Crippen LogP contribution in [-0.4, -0.2) is 57.4 Å². The molecule has 41 heavy (non-hydrogen) atoms. The van der Waals surface area contributed by atoms with Gasteiger partial charge in [-0.25, -0.2) is 4.98 Å². The van der Waals surface area contributed by atoms with Crippen LogP contribution < -0.4 is 10.6 Å². The van der Waals surface area contributed by atoms with Gasteiger partial charge in [-0.1, -0.05) is 30.3 Å². The summed E-state index contributed by atoms with van der Waals surface area (Å²) in [5, 5.41) is 5.52. The molecule has 2 aromatic heterocycles. The molecule has 2 N–H and O–H groups in total. The number of nitrogens with zero attached hydrogens (tertiary/aromatic N) is 3.